The molecule has 0 heterocycles. The molecule has 0 radical (unpaired) electrons. The first-order valence-corrected chi connectivity index (χ1v) is 15.0. The molecule has 0 aromatic heterocycles. The summed E-state index contributed by atoms with van der Waals surface area (Å²) in [6, 6.07) is 46.4. The first kappa shape index (κ1) is 25.9. The van der Waals surface area contributed by atoms with E-state index in [0.717, 1.165) is 34.1 Å². The fraction of sp³-hybridized carbons (Fsp3) is 0.0476. The van der Waals surface area contributed by atoms with Crippen LogP contribution < -0.4 is 9.80 Å². The van der Waals surface area contributed by atoms with E-state index < -0.39 is 0 Å². The molecule has 1 aliphatic rings. The number of benzene rings is 7. The molecule has 7 aromatic carbocycles. The topological polar surface area (TPSA) is 6.48 Å². The van der Waals surface area contributed by atoms with Crippen LogP contribution in [0, 0.1) is 13.8 Å². The number of anilines is 5. The molecule has 44 heavy (non-hydrogen) atoms. The second-order valence-electron chi connectivity index (χ2n) is 11.5. The van der Waals surface area contributed by atoms with Crippen molar-refractivity contribution in [3.05, 3.63) is 174 Å². The lowest BCUT2D eigenvalue weighted by Gasteiger charge is -2.29. The minimum atomic E-state index is 1.05. The average Bonchev–Trinajstić information content (AvgIpc) is 3.07. The SMILES string of the molecule is Cc1ccc(N(C2=CC=C=C=C2)c2ccc3ccc4c(N(c5ccccc5)c5ccc(C)cc5)ccc5ccc2c3c54)cc1. The molecule has 0 spiro atoms. The Kier molecular flexibility index (Phi) is 6.17. The minimum Gasteiger partial charge on any atom is -0.310 e. The zero-order valence-electron chi connectivity index (χ0n) is 24.8. The zero-order valence-corrected chi connectivity index (χ0v) is 24.8. The highest BCUT2D eigenvalue weighted by atomic mass is 15.2. The first-order valence-electron chi connectivity index (χ1n) is 15.0. The van der Waals surface area contributed by atoms with Crippen LogP contribution in [-0.4, -0.2) is 0 Å². The predicted octanol–water partition coefficient (Wildman–Crippen LogP) is 11.6. The lowest BCUT2D eigenvalue weighted by Crippen LogP contribution is -2.16. The molecule has 0 saturated carbocycles. The van der Waals surface area contributed by atoms with Crippen molar-refractivity contribution in [3.8, 4) is 0 Å². The molecule has 0 bridgehead atoms. The lowest BCUT2D eigenvalue weighted by molar-refractivity contribution is 1.21. The molecule has 7 aromatic rings. The van der Waals surface area contributed by atoms with E-state index in [2.05, 4.69) is 169 Å². The van der Waals surface area contributed by atoms with Gasteiger partial charge in [-0.15, -0.1) is 0 Å². The van der Waals surface area contributed by atoms with Crippen molar-refractivity contribution in [2.75, 3.05) is 9.80 Å². The molecule has 0 saturated heterocycles. The standard InChI is InChI=1S/C42H30N2/c1-29-13-21-35(22-14-29)43(33-9-5-3-6-10-33)39-27-19-31-18-26-38-40(28-20-32-17-25-37(39)41(31)42(32)38)44(34-11-7-4-8-12-34)36-23-15-30(2)16-24-36/h3,5-7,9-28H,1-2H3. The van der Waals surface area contributed by atoms with Crippen molar-refractivity contribution in [3.63, 3.8) is 0 Å². The van der Waals surface area contributed by atoms with Gasteiger partial charge in [0.25, 0.3) is 0 Å². The van der Waals surface area contributed by atoms with E-state index in [1.807, 2.05) is 12.2 Å². The van der Waals surface area contributed by atoms with Crippen molar-refractivity contribution in [1.29, 1.82) is 0 Å². The summed E-state index contributed by atoms with van der Waals surface area (Å²) in [7, 11) is 0. The molecule has 2 heteroatoms. The number of hydrogen-bond donors (Lipinski definition) is 0. The van der Waals surface area contributed by atoms with Crippen LogP contribution in [0.15, 0.2) is 163 Å². The normalized spacial score (nSPS) is 12.4. The molecule has 8 rings (SSSR count). The molecule has 208 valence electrons. The third kappa shape index (κ3) is 4.30. The van der Waals surface area contributed by atoms with Gasteiger partial charge < -0.3 is 9.80 Å². The van der Waals surface area contributed by atoms with Gasteiger partial charge in [0.15, 0.2) is 0 Å². The molecular weight excluding hydrogens is 532 g/mol. The van der Waals surface area contributed by atoms with Gasteiger partial charge in [-0.1, -0.05) is 101 Å². The molecule has 0 aliphatic heterocycles. The third-order valence-electron chi connectivity index (χ3n) is 8.60. The van der Waals surface area contributed by atoms with E-state index in [-0.39, 0.29) is 0 Å². The average molecular weight is 563 g/mol. The Balaban J connectivity index is 1.40. The smallest absolute Gasteiger partial charge is 0.0551 e. The Morgan fingerprint density at radius 1 is 0.455 bits per heavy atom. The fourth-order valence-corrected chi connectivity index (χ4v) is 6.46. The highest BCUT2D eigenvalue weighted by Crippen LogP contribution is 2.46. The highest BCUT2D eigenvalue weighted by molar-refractivity contribution is 6.28. The van der Waals surface area contributed by atoms with Gasteiger partial charge >= 0.3 is 0 Å². The summed E-state index contributed by atoms with van der Waals surface area (Å²) in [5, 5.41) is 7.47. The number of aryl methyl sites for hydroxylation is 2. The van der Waals surface area contributed by atoms with Crippen molar-refractivity contribution in [2.24, 2.45) is 0 Å². The van der Waals surface area contributed by atoms with Gasteiger partial charge in [-0.2, -0.15) is 0 Å². The summed E-state index contributed by atoms with van der Waals surface area (Å²) in [5.74, 6) is 0. The fourth-order valence-electron chi connectivity index (χ4n) is 6.46. The van der Waals surface area contributed by atoms with Crippen LogP contribution in [0.25, 0.3) is 32.3 Å². The van der Waals surface area contributed by atoms with Crippen molar-refractivity contribution in [2.45, 2.75) is 13.8 Å². The first-order chi connectivity index (χ1) is 21.7. The molecule has 0 fully saturated rings. The van der Waals surface area contributed by atoms with Gasteiger partial charge in [0.2, 0.25) is 0 Å². The number of rotatable bonds is 6. The van der Waals surface area contributed by atoms with E-state index in [1.165, 1.54) is 43.4 Å². The predicted molar refractivity (Wildman–Crippen MR) is 187 cm³/mol. The van der Waals surface area contributed by atoms with Gasteiger partial charge in [-0.3, -0.25) is 0 Å². The summed E-state index contributed by atoms with van der Waals surface area (Å²) in [4.78, 5) is 4.71. The Bertz CT molecular complexity index is 2300. The van der Waals surface area contributed by atoms with Gasteiger partial charge in [0.1, 0.15) is 0 Å². The maximum Gasteiger partial charge on any atom is 0.0551 e. The van der Waals surface area contributed by atoms with Crippen LogP contribution in [0.4, 0.5) is 28.4 Å². The molecule has 0 N–H and O–H groups in total. The van der Waals surface area contributed by atoms with E-state index in [9.17, 15) is 0 Å². The van der Waals surface area contributed by atoms with E-state index >= 15 is 0 Å². The maximum atomic E-state index is 3.17. The summed E-state index contributed by atoms with van der Waals surface area (Å²) in [6.07, 6.45) is 6.04. The van der Waals surface area contributed by atoms with Crippen molar-refractivity contribution < 1.29 is 0 Å². The quantitative estimate of drug-likeness (QED) is 0.147. The monoisotopic (exact) mass is 562 g/mol. The van der Waals surface area contributed by atoms with Crippen LogP contribution in [0.3, 0.4) is 0 Å². The van der Waals surface area contributed by atoms with Gasteiger partial charge in [-0.05, 0) is 96.1 Å². The Labute approximate surface area is 257 Å². The van der Waals surface area contributed by atoms with E-state index in [1.54, 1.807) is 0 Å². The molecule has 1 aliphatic carbocycles. The molecular formula is C42H30N2. The lowest BCUT2D eigenvalue weighted by atomic mass is 9.91. The highest BCUT2D eigenvalue weighted by Gasteiger charge is 2.21. The van der Waals surface area contributed by atoms with Gasteiger partial charge in [-0.25, -0.2) is 0 Å². The molecule has 0 atom stereocenters. The summed E-state index contributed by atoms with van der Waals surface area (Å²) >= 11 is 0. The van der Waals surface area contributed by atoms with Crippen LogP contribution in [0.1, 0.15) is 11.1 Å². The van der Waals surface area contributed by atoms with Crippen LogP contribution in [0.2, 0.25) is 0 Å². The van der Waals surface area contributed by atoms with E-state index in [0.29, 0.717) is 0 Å². The molecule has 0 unspecified atom stereocenters. The van der Waals surface area contributed by atoms with Crippen molar-refractivity contribution in [1.82, 2.24) is 0 Å². The number of allylic oxidation sites excluding steroid dienone is 3. The number of hydrogen-bond acceptors (Lipinski definition) is 2. The van der Waals surface area contributed by atoms with Gasteiger partial charge in [0.05, 0.1) is 17.1 Å². The molecule has 0 amide bonds. The van der Waals surface area contributed by atoms with Crippen LogP contribution in [0.5, 0.6) is 0 Å². The van der Waals surface area contributed by atoms with Gasteiger partial charge in [0, 0.05) is 33.9 Å². The number of nitrogens with zero attached hydrogens (tertiary/aromatic N) is 2. The molecule has 2 nitrogen and oxygen atoms in total. The van der Waals surface area contributed by atoms with E-state index in [4.69, 9.17) is 0 Å². The number of para-hydroxylation sites is 1. The maximum absolute atomic E-state index is 3.17. The largest absolute Gasteiger partial charge is 0.310 e. The summed E-state index contributed by atoms with van der Waals surface area (Å²) in [6.45, 7) is 4.26. The summed E-state index contributed by atoms with van der Waals surface area (Å²) in [5.41, 5.74) is 15.5. The second-order valence-corrected chi connectivity index (χ2v) is 11.5. The second kappa shape index (κ2) is 10.5. The Hall–Kier alpha value is -5.78. The summed E-state index contributed by atoms with van der Waals surface area (Å²) < 4.78 is 0. The van der Waals surface area contributed by atoms with Crippen LogP contribution >= 0.6 is 0 Å². The van der Waals surface area contributed by atoms with Crippen molar-refractivity contribution >= 4 is 60.8 Å². The Morgan fingerprint density at radius 2 is 0.955 bits per heavy atom. The zero-order chi connectivity index (χ0) is 29.6. The minimum absolute atomic E-state index is 1.05. The Morgan fingerprint density at radius 3 is 1.50 bits per heavy atom. The van der Waals surface area contributed by atoms with Crippen LogP contribution in [-0.2, 0) is 0 Å². The third-order valence-corrected chi connectivity index (χ3v) is 8.60.